The van der Waals surface area contributed by atoms with Gasteiger partial charge < -0.3 is 20.4 Å². The molecule has 7 heteroatoms. The minimum Gasteiger partial charge on any atom is -0.443 e. The number of aliphatic imine (C=N–C) groups is 1. The van der Waals surface area contributed by atoms with Gasteiger partial charge >= 0.3 is 0 Å². The fraction of sp³-hybridized carbons (Fsp3) is 0.450. The fourth-order valence-electron chi connectivity index (χ4n) is 2.32. The molecule has 0 radical (unpaired) electrons. The van der Waals surface area contributed by atoms with Crippen LogP contribution in [-0.4, -0.2) is 30.4 Å². The molecule has 1 aromatic heterocycles. The van der Waals surface area contributed by atoms with Crippen molar-refractivity contribution in [3.8, 4) is 0 Å². The summed E-state index contributed by atoms with van der Waals surface area (Å²) in [6.07, 6.45) is 1.77. The average Bonchev–Trinajstić information content (AvgIpc) is 3.13. The Bertz CT molecular complexity index is 772. The molecule has 0 spiro atoms. The standard InChI is InChI=1S/C20H29N5O2/c1-6-22-19(25-13-17-23-12-16(27-17)20(2,3)4)24-11-14-7-9-15(10-8-14)18(26)21-5/h7-10,12H,6,11,13H2,1-5H3,(H,21,26)(H2,22,24,25). The lowest BCUT2D eigenvalue weighted by atomic mass is 9.94. The Labute approximate surface area is 160 Å². The van der Waals surface area contributed by atoms with E-state index >= 15 is 0 Å². The highest BCUT2D eigenvalue weighted by molar-refractivity contribution is 5.93. The van der Waals surface area contributed by atoms with Crippen LogP contribution in [0.5, 0.6) is 0 Å². The quantitative estimate of drug-likeness (QED) is 0.536. The van der Waals surface area contributed by atoms with Crippen molar-refractivity contribution in [3.05, 3.63) is 53.2 Å². The van der Waals surface area contributed by atoms with E-state index < -0.39 is 0 Å². The number of carbonyl (C=O) groups excluding carboxylic acids is 1. The monoisotopic (exact) mass is 371 g/mol. The van der Waals surface area contributed by atoms with Crippen molar-refractivity contribution >= 4 is 11.9 Å². The van der Waals surface area contributed by atoms with Gasteiger partial charge in [0.15, 0.2) is 5.96 Å². The Kier molecular flexibility index (Phi) is 6.98. The summed E-state index contributed by atoms with van der Waals surface area (Å²) in [5, 5.41) is 9.04. The molecule has 2 aromatic rings. The second-order valence-electron chi connectivity index (χ2n) is 7.19. The van der Waals surface area contributed by atoms with E-state index in [1.807, 2.05) is 19.1 Å². The topological polar surface area (TPSA) is 91.5 Å². The van der Waals surface area contributed by atoms with Crippen molar-refractivity contribution in [2.24, 2.45) is 4.99 Å². The second-order valence-corrected chi connectivity index (χ2v) is 7.19. The molecule has 1 aromatic carbocycles. The second kappa shape index (κ2) is 9.21. The van der Waals surface area contributed by atoms with Gasteiger partial charge in [-0.2, -0.15) is 0 Å². The number of nitrogens with one attached hydrogen (secondary N) is 3. The summed E-state index contributed by atoms with van der Waals surface area (Å²) in [6, 6.07) is 7.40. The molecule has 0 unspecified atom stereocenters. The zero-order valence-corrected chi connectivity index (χ0v) is 16.7. The van der Waals surface area contributed by atoms with E-state index in [2.05, 4.69) is 46.7 Å². The van der Waals surface area contributed by atoms with Gasteiger partial charge in [-0.3, -0.25) is 4.79 Å². The Morgan fingerprint density at radius 2 is 1.89 bits per heavy atom. The number of aromatic nitrogens is 1. The van der Waals surface area contributed by atoms with Gasteiger partial charge in [0.2, 0.25) is 5.89 Å². The molecule has 0 saturated heterocycles. The molecule has 7 nitrogen and oxygen atoms in total. The van der Waals surface area contributed by atoms with Crippen LogP contribution in [0.15, 0.2) is 39.9 Å². The fourth-order valence-corrected chi connectivity index (χ4v) is 2.32. The number of amides is 1. The Hall–Kier alpha value is -2.83. The third-order valence-electron chi connectivity index (χ3n) is 3.91. The van der Waals surface area contributed by atoms with Crippen molar-refractivity contribution in [2.75, 3.05) is 13.6 Å². The summed E-state index contributed by atoms with van der Waals surface area (Å²) >= 11 is 0. The van der Waals surface area contributed by atoms with Gasteiger partial charge in [-0.05, 0) is 24.6 Å². The molecule has 27 heavy (non-hydrogen) atoms. The first-order chi connectivity index (χ1) is 12.8. The first kappa shape index (κ1) is 20.5. The number of oxazole rings is 1. The number of rotatable bonds is 6. The lowest BCUT2D eigenvalue weighted by molar-refractivity contribution is 0.0963. The van der Waals surface area contributed by atoms with Crippen molar-refractivity contribution in [2.45, 2.75) is 46.2 Å². The lowest BCUT2D eigenvalue weighted by Gasteiger charge is -2.13. The van der Waals surface area contributed by atoms with Crippen molar-refractivity contribution in [3.63, 3.8) is 0 Å². The van der Waals surface area contributed by atoms with E-state index in [1.54, 1.807) is 25.4 Å². The molecular formula is C20H29N5O2. The molecule has 0 fully saturated rings. The molecule has 0 aliphatic heterocycles. The SMILES string of the molecule is CCNC(=NCc1ccc(C(=O)NC)cc1)NCc1ncc(C(C)(C)C)o1. The third-order valence-corrected chi connectivity index (χ3v) is 3.91. The first-order valence-corrected chi connectivity index (χ1v) is 9.12. The summed E-state index contributed by atoms with van der Waals surface area (Å²) in [6.45, 7) is 9.99. The van der Waals surface area contributed by atoms with Gasteiger partial charge in [0.25, 0.3) is 5.91 Å². The molecule has 3 N–H and O–H groups in total. The predicted molar refractivity (Wildman–Crippen MR) is 107 cm³/mol. The van der Waals surface area contributed by atoms with Gasteiger partial charge in [0.1, 0.15) is 5.76 Å². The summed E-state index contributed by atoms with van der Waals surface area (Å²) in [7, 11) is 1.62. The van der Waals surface area contributed by atoms with Crippen LogP contribution in [0.4, 0.5) is 0 Å². The smallest absolute Gasteiger partial charge is 0.251 e. The minimum atomic E-state index is -0.0966. The van der Waals surface area contributed by atoms with E-state index in [1.165, 1.54) is 0 Å². The maximum absolute atomic E-state index is 11.6. The van der Waals surface area contributed by atoms with Crippen LogP contribution in [0.2, 0.25) is 0 Å². The van der Waals surface area contributed by atoms with E-state index in [-0.39, 0.29) is 11.3 Å². The van der Waals surface area contributed by atoms with Crippen LogP contribution >= 0.6 is 0 Å². The maximum Gasteiger partial charge on any atom is 0.251 e. The summed E-state index contributed by atoms with van der Waals surface area (Å²) in [4.78, 5) is 20.5. The largest absolute Gasteiger partial charge is 0.443 e. The van der Waals surface area contributed by atoms with Crippen LogP contribution in [0, 0.1) is 0 Å². The highest BCUT2D eigenvalue weighted by Crippen LogP contribution is 2.22. The average molecular weight is 371 g/mol. The first-order valence-electron chi connectivity index (χ1n) is 9.12. The Morgan fingerprint density at radius 1 is 1.19 bits per heavy atom. The highest BCUT2D eigenvalue weighted by atomic mass is 16.4. The predicted octanol–water partition coefficient (Wildman–Crippen LogP) is 2.59. The van der Waals surface area contributed by atoms with Crippen molar-refractivity contribution in [1.29, 1.82) is 0 Å². The molecule has 0 bridgehead atoms. The zero-order valence-electron chi connectivity index (χ0n) is 16.7. The van der Waals surface area contributed by atoms with Crippen LogP contribution in [-0.2, 0) is 18.5 Å². The van der Waals surface area contributed by atoms with Crippen LogP contribution in [0.25, 0.3) is 0 Å². The molecule has 0 atom stereocenters. The summed E-state index contributed by atoms with van der Waals surface area (Å²) in [5.41, 5.74) is 1.59. The minimum absolute atomic E-state index is 0.0648. The summed E-state index contributed by atoms with van der Waals surface area (Å²) in [5.74, 6) is 2.07. The highest BCUT2D eigenvalue weighted by Gasteiger charge is 2.19. The van der Waals surface area contributed by atoms with Crippen LogP contribution in [0.1, 0.15) is 55.3 Å². The summed E-state index contributed by atoms with van der Waals surface area (Å²) < 4.78 is 5.79. The molecule has 1 heterocycles. The van der Waals surface area contributed by atoms with E-state index in [4.69, 9.17) is 4.42 Å². The lowest BCUT2D eigenvalue weighted by Crippen LogP contribution is -2.36. The van der Waals surface area contributed by atoms with E-state index in [9.17, 15) is 4.79 Å². The van der Waals surface area contributed by atoms with Gasteiger partial charge in [-0.1, -0.05) is 32.9 Å². The van der Waals surface area contributed by atoms with E-state index in [0.717, 1.165) is 17.9 Å². The van der Waals surface area contributed by atoms with Crippen molar-refractivity contribution in [1.82, 2.24) is 20.9 Å². The molecular weight excluding hydrogens is 342 g/mol. The van der Waals surface area contributed by atoms with Crippen LogP contribution in [0.3, 0.4) is 0 Å². The Balaban J connectivity index is 1.97. The number of nitrogens with zero attached hydrogens (tertiary/aromatic N) is 2. The third kappa shape index (κ3) is 6.13. The zero-order chi connectivity index (χ0) is 19.9. The molecule has 0 aliphatic rings. The van der Waals surface area contributed by atoms with E-state index in [0.29, 0.717) is 30.5 Å². The number of hydrogen-bond acceptors (Lipinski definition) is 4. The van der Waals surface area contributed by atoms with Gasteiger partial charge in [-0.15, -0.1) is 0 Å². The van der Waals surface area contributed by atoms with Crippen LogP contribution < -0.4 is 16.0 Å². The van der Waals surface area contributed by atoms with Gasteiger partial charge in [0.05, 0.1) is 19.3 Å². The number of carbonyl (C=O) groups is 1. The number of guanidine groups is 1. The molecule has 0 aliphatic carbocycles. The Morgan fingerprint density at radius 3 is 2.44 bits per heavy atom. The molecule has 2 rings (SSSR count). The van der Waals surface area contributed by atoms with Gasteiger partial charge in [0, 0.05) is 24.6 Å². The maximum atomic E-state index is 11.6. The molecule has 146 valence electrons. The van der Waals surface area contributed by atoms with Crippen molar-refractivity contribution < 1.29 is 9.21 Å². The number of hydrogen-bond donors (Lipinski definition) is 3. The van der Waals surface area contributed by atoms with Gasteiger partial charge in [-0.25, -0.2) is 9.98 Å². The number of benzene rings is 1. The molecule has 1 amide bonds. The normalized spacial score (nSPS) is 12.0. The molecule has 0 saturated carbocycles.